The number of carbonyl (C=O) groups excluding carboxylic acids is 1. The zero-order valence-corrected chi connectivity index (χ0v) is 14.5. The number of nitrogens with one attached hydrogen (secondary N) is 2. The van der Waals surface area contributed by atoms with Gasteiger partial charge in [0, 0.05) is 16.8 Å². The number of piperidine rings is 1. The van der Waals surface area contributed by atoms with E-state index in [4.69, 9.17) is 0 Å². The molecule has 0 atom stereocenters. The zero-order valence-electron chi connectivity index (χ0n) is 13.7. The number of rotatable bonds is 3. The van der Waals surface area contributed by atoms with Crippen LogP contribution in [-0.2, 0) is 12.8 Å². The van der Waals surface area contributed by atoms with Crippen LogP contribution in [0.5, 0.6) is 0 Å². The van der Waals surface area contributed by atoms with E-state index in [1.165, 1.54) is 16.9 Å². The van der Waals surface area contributed by atoms with Crippen molar-refractivity contribution in [1.29, 1.82) is 0 Å². The molecular weight excluding hydrogens is 320 g/mol. The topological polar surface area (TPSA) is 66.9 Å². The Morgan fingerprint density at radius 2 is 2.04 bits per heavy atom. The lowest BCUT2D eigenvalue weighted by Gasteiger charge is -2.20. The van der Waals surface area contributed by atoms with Gasteiger partial charge < -0.3 is 5.32 Å². The van der Waals surface area contributed by atoms with E-state index in [1.54, 1.807) is 11.3 Å². The first-order chi connectivity index (χ1) is 11.8. The van der Waals surface area contributed by atoms with Gasteiger partial charge in [0.25, 0.3) is 5.91 Å². The van der Waals surface area contributed by atoms with Crippen molar-refractivity contribution in [3.63, 3.8) is 0 Å². The second-order valence-electron chi connectivity index (χ2n) is 6.56. The molecule has 0 aromatic carbocycles. The van der Waals surface area contributed by atoms with Gasteiger partial charge in [0.1, 0.15) is 5.69 Å². The standard InChI is InChI=1S/C18H22N4OS/c23-17(15-6-5-12-3-1-2-4-14(12)21-15)22-18-20-11-16(24-18)13-7-9-19-10-8-13/h5-6,11,13,19H,1-4,7-10H2,(H,20,22,23). The van der Waals surface area contributed by atoms with Crippen LogP contribution in [0.15, 0.2) is 18.3 Å². The maximum Gasteiger partial charge on any atom is 0.276 e. The molecule has 2 N–H and O–H groups in total. The van der Waals surface area contributed by atoms with Crippen LogP contribution in [-0.4, -0.2) is 29.0 Å². The molecule has 1 aliphatic carbocycles. The predicted octanol–water partition coefficient (Wildman–Crippen LogP) is 3.14. The summed E-state index contributed by atoms with van der Waals surface area (Å²) < 4.78 is 0. The minimum Gasteiger partial charge on any atom is -0.317 e. The van der Waals surface area contributed by atoms with Crippen LogP contribution in [0.3, 0.4) is 0 Å². The average molecular weight is 342 g/mol. The Morgan fingerprint density at radius 3 is 2.92 bits per heavy atom. The molecule has 0 unspecified atom stereocenters. The summed E-state index contributed by atoms with van der Waals surface area (Å²) in [5, 5.41) is 6.97. The van der Waals surface area contributed by atoms with E-state index in [9.17, 15) is 4.79 Å². The van der Waals surface area contributed by atoms with Crippen LogP contribution in [0.4, 0.5) is 5.13 Å². The highest BCUT2D eigenvalue weighted by Crippen LogP contribution is 2.31. The number of hydrogen-bond acceptors (Lipinski definition) is 5. The van der Waals surface area contributed by atoms with Gasteiger partial charge in [0.15, 0.2) is 5.13 Å². The summed E-state index contributed by atoms with van der Waals surface area (Å²) in [5.74, 6) is 0.408. The molecule has 0 saturated carbocycles. The highest BCUT2D eigenvalue weighted by atomic mass is 32.1. The summed E-state index contributed by atoms with van der Waals surface area (Å²) in [6, 6.07) is 3.89. The van der Waals surface area contributed by atoms with Gasteiger partial charge in [-0.1, -0.05) is 6.07 Å². The van der Waals surface area contributed by atoms with E-state index < -0.39 is 0 Å². The molecule has 3 heterocycles. The number of amides is 1. The van der Waals surface area contributed by atoms with Gasteiger partial charge in [-0.05, 0) is 69.2 Å². The largest absolute Gasteiger partial charge is 0.317 e. The van der Waals surface area contributed by atoms with Gasteiger partial charge in [0.05, 0.1) is 0 Å². The van der Waals surface area contributed by atoms with Crippen molar-refractivity contribution in [3.05, 3.63) is 40.2 Å². The Hall–Kier alpha value is -1.79. The third kappa shape index (κ3) is 3.35. The zero-order chi connectivity index (χ0) is 16.4. The van der Waals surface area contributed by atoms with Crippen molar-refractivity contribution >= 4 is 22.4 Å². The third-order valence-corrected chi connectivity index (χ3v) is 5.97. The molecular formula is C18H22N4OS. The van der Waals surface area contributed by atoms with Crippen LogP contribution >= 0.6 is 11.3 Å². The molecule has 126 valence electrons. The van der Waals surface area contributed by atoms with Crippen molar-refractivity contribution in [2.45, 2.75) is 44.4 Å². The van der Waals surface area contributed by atoms with Crippen molar-refractivity contribution < 1.29 is 4.79 Å². The second kappa shape index (κ2) is 6.99. The SMILES string of the molecule is O=C(Nc1ncc(C2CCNCC2)s1)c1ccc2c(n1)CCCC2. The molecule has 1 saturated heterocycles. The van der Waals surface area contributed by atoms with Crippen LogP contribution in [0.1, 0.15) is 58.2 Å². The van der Waals surface area contributed by atoms with Crippen molar-refractivity contribution in [2.24, 2.45) is 0 Å². The van der Waals surface area contributed by atoms with E-state index in [1.807, 2.05) is 12.3 Å². The van der Waals surface area contributed by atoms with Gasteiger partial charge in [-0.2, -0.15) is 0 Å². The van der Waals surface area contributed by atoms with E-state index in [-0.39, 0.29) is 5.91 Å². The van der Waals surface area contributed by atoms with E-state index in [2.05, 4.69) is 26.7 Å². The Morgan fingerprint density at radius 1 is 1.21 bits per heavy atom. The molecule has 0 spiro atoms. The Balaban J connectivity index is 1.45. The first-order valence-electron chi connectivity index (χ1n) is 8.76. The summed E-state index contributed by atoms with van der Waals surface area (Å²) in [5.41, 5.74) is 2.87. The highest BCUT2D eigenvalue weighted by Gasteiger charge is 2.19. The predicted molar refractivity (Wildman–Crippen MR) is 95.8 cm³/mol. The molecule has 1 aliphatic heterocycles. The summed E-state index contributed by atoms with van der Waals surface area (Å²) in [4.78, 5) is 22.7. The number of aryl methyl sites for hydroxylation is 2. The number of anilines is 1. The van der Waals surface area contributed by atoms with E-state index in [0.717, 1.165) is 50.9 Å². The summed E-state index contributed by atoms with van der Waals surface area (Å²) in [6.45, 7) is 2.12. The number of thiazole rings is 1. The molecule has 1 fully saturated rings. The number of nitrogens with zero attached hydrogens (tertiary/aromatic N) is 2. The lowest BCUT2D eigenvalue weighted by molar-refractivity contribution is 0.102. The summed E-state index contributed by atoms with van der Waals surface area (Å²) in [6.07, 6.45) is 8.64. The molecule has 2 aliphatic rings. The lowest BCUT2D eigenvalue weighted by Crippen LogP contribution is -2.26. The van der Waals surface area contributed by atoms with Crippen LogP contribution in [0.25, 0.3) is 0 Å². The normalized spacial score (nSPS) is 18.2. The summed E-state index contributed by atoms with van der Waals surface area (Å²) in [7, 11) is 0. The molecule has 6 heteroatoms. The molecule has 5 nitrogen and oxygen atoms in total. The molecule has 2 aromatic heterocycles. The second-order valence-corrected chi connectivity index (χ2v) is 7.62. The molecule has 24 heavy (non-hydrogen) atoms. The quantitative estimate of drug-likeness (QED) is 0.899. The van der Waals surface area contributed by atoms with Gasteiger partial charge in [-0.15, -0.1) is 11.3 Å². The van der Waals surface area contributed by atoms with Gasteiger partial charge >= 0.3 is 0 Å². The number of carbonyl (C=O) groups is 1. The number of aromatic nitrogens is 2. The molecule has 1 amide bonds. The van der Waals surface area contributed by atoms with Crippen molar-refractivity contribution in [1.82, 2.24) is 15.3 Å². The summed E-state index contributed by atoms with van der Waals surface area (Å²) >= 11 is 1.59. The number of hydrogen-bond donors (Lipinski definition) is 2. The Labute approximate surface area is 145 Å². The smallest absolute Gasteiger partial charge is 0.276 e. The fraction of sp³-hybridized carbons (Fsp3) is 0.500. The number of pyridine rings is 1. The maximum atomic E-state index is 12.5. The highest BCUT2D eigenvalue weighted by molar-refractivity contribution is 7.15. The first kappa shape index (κ1) is 15.7. The van der Waals surface area contributed by atoms with E-state index in [0.29, 0.717) is 16.7 Å². The average Bonchev–Trinajstić information content (AvgIpc) is 3.10. The van der Waals surface area contributed by atoms with Crippen LogP contribution < -0.4 is 10.6 Å². The van der Waals surface area contributed by atoms with Crippen LogP contribution in [0.2, 0.25) is 0 Å². The monoisotopic (exact) mass is 342 g/mol. The van der Waals surface area contributed by atoms with Crippen molar-refractivity contribution in [3.8, 4) is 0 Å². The van der Waals surface area contributed by atoms with E-state index >= 15 is 0 Å². The van der Waals surface area contributed by atoms with Gasteiger partial charge in [-0.3, -0.25) is 10.1 Å². The first-order valence-corrected chi connectivity index (χ1v) is 9.58. The maximum absolute atomic E-state index is 12.5. The van der Waals surface area contributed by atoms with Gasteiger partial charge in [-0.25, -0.2) is 9.97 Å². The van der Waals surface area contributed by atoms with Crippen molar-refractivity contribution in [2.75, 3.05) is 18.4 Å². The minimum atomic E-state index is -0.158. The molecule has 0 radical (unpaired) electrons. The minimum absolute atomic E-state index is 0.158. The Kier molecular flexibility index (Phi) is 4.58. The molecule has 4 rings (SSSR count). The molecule has 2 aromatic rings. The fourth-order valence-corrected chi connectivity index (χ4v) is 4.49. The van der Waals surface area contributed by atoms with Crippen LogP contribution in [0, 0.1) is 0 Å². The molecule has 0 bridgehead atoms. The number of fused-ring (bicyclic) bond motifs is 1. The third-order valence-electron chi connectivity index (χ3n) is 4.90. The lowest BCUT2D eigenvalue weighted by atomic mass is 9.96. The van der Waals surface area contributed by atoms with Gasteiger partial charge in [0.2, 0.25) is 0 Å². The fourth-order valence-electron chi connectivity index (χ4n) is 3.51. The Bertz CT molecular complexity index is 736.